The van der Waals surface area contributed by atoms with E-state index in [-0.39, 0.29) is 18.4 Å². The Labute approximate surface area is 194 Å². The lowest BCUT2D eigenvalue weighted by atomic mass is 10.1. The van der Waals surface area contributed by atoms with Crippen molar-refractivity contribution in [3.63, 3.8) is 0 Å². The number of benzene rings is 2. The molecule has 8 nitrogen and oxygen atoms in total. The first-order chi connectivity index (χ1) is 15.9. The summed E-state index contributed by atoms with van der Waals surface area (Å²) in [5.41, 5.74) is 4.34. The molecule has 0 saturated heterocycles. The van der Waals surface area contributed by atoms with Gasteiger partial charge in [-0.15, -0.1) is 11.3 Å². The summed E-state index contributed by atoms with van der Waals surface area (Å²) < 4.78 is 11.1. The summed E-state index contributed by atoms with van der Waals surface area (Å²) in [6.07, 6.45) is 0. The Bertz CT molecular complexity index is 1270. The average Bonchev–Trinajstić information content (AvgIpc) is 3.39. The molecule has 0 unspecified atom stereocenters. The van der Waals surface area contributed by atoms with Crippen molar-refractivity contribution in [3.8, 4) is 17.0 Å². The molecule has 0 fully saturated rings. The van der Waals surface area contributed by atoms with Gasteiger partial charge in [0.15, 0.2) is 5.13 Å². The van der Waals surface area contributed by atoms with Crippen LogP contribution in [0.5, 0.6) is 5.75 Å². The number of carbonyl (C=O) groups excluding carboxylic acids is 2. The number of amides is 2. The molecule has 0 radical (unpaired) electrons. The minimum Gasteiger partial charge on any atom is -0.488 e. The molecule has 4 rings (SSSR count). The van der Waals surface area contributed by atoms with Crippen LogP contribution in [-0.2, 0) is 11.4 Å². The predicted molar refractivity (Wildman–Crippen MR) is 127 cm³/mol. The first-order valence-corrected chi connectivity index (χ1v) is 11.1. The molecule has 0 aliphatic carbocycles. The van der Waals surface area contributed by atoms with E-state index < -0.39 is 0 Å². The van der Waals surface area contributed by atoms with E-state index in [4.69, 9.17) is 9.26 Å². The van der Waals surface area contributed by atoms with Crippen molar-refractivity contribution in [2.45, 2.75) is 27.4 Å². The van der Waals surface area contributed by atoms with Crippen molar-refractivity contribution in [3.05, 3.63) is 76.5 Å². The van der Waals surface area contributed by atoms with Gasteiger partial charge in [-0.3, -0.25) is 14.9 Å². The number of hydrogen-bond acceptors (Lipinski definition) is 7. The van der Waals surface area contributed by atoms with Crippen LogP contribution >= 0.6 is 11.3 Å². The summed E-state index contributed by atoms with van der Waals surface area (Å²) in [5.74, 6) is 0.707. The molecular formula is C24H22N4O4S. The molecule has 168 valence electrons. The highest BCUT2D eigenvalue weighted by Gasteiger charge is 2.16. The van der Waals surface area contributed by atoms with Gasteiger partial charge in [0.1, 0.15) is 18.1 Å². The molecule has 0 atom stereocenters. The standard InChI is InChI=1S/C24H22N4O4S/c1-14-20(15(2)32-28-14)12-31-22-7-5-4-6-19(22)23(30)27-24-26-21(13-33-24)17-8-10-18(11-9-17)25-16(3)29/h4-11,13H,12H2,1-3H3,(H,25,29)(H,26,27,30). The maximum atomic E-state index is 12.9. The molecule has 0 spiro atoms. The summed E-state index contributed by atoms with van der Waals surface area (Å²) in [6.45, 7) is 5.39. The van der Waals surface area contributed by atoms with Crippen LogP contribution in [-0.4, -0.2) is 22.0 Å². The number of aromatic nitrogens is 2. The van der Waals surface area contributed by atoms with Gasteiger partial charge in [0.2, 0.25) is 5.91 Å². The highest BCUT2D eigenvalue weighted by Crippen LogP contribution is 2.28. The maximum Gasteiger partial charge on any atom is 0.261 e. The van der Waals surface area contributed by atoms with E-state index in [0.717, 1.165) is 22.5 Å². The summed E-state index contributed by atoms with van der Waals surface area (Å²) in [5, 5.41) is 11.8. The average molecular weight is 463 g/mol. The van der Waals surface area contributed by atoms with Gasteiger partial charge in [-0.05, 0) is 38.1 Å². The molecule has 2 heterocycles. The lowest BCUT2D eigenvalue weighted by Gasteiger charge is -2.10. The molecular weight excluding hydrogens is 440 g/mol. The van der Waals surface area contributed by atoms with Crippen LogP contribution in [0.3, 0.4) is 0 Å². The quantitative estimate of drug-likeness (QED) is 0.391. The number of carbonyl (C=O) groups is 2. The van der Waals surface area contributed by atoms with Crippen LogP contribution in [0.25, 0.3) is 11.3 Å². The summed E-state index contributed by atoms with van der Waals surface area (Å²) in [7, 11) is 0. The molecule has 2 aromatic heterocycles. The van der Waals surface area contributed by atoms with Gasteiger partial charge in [-0.25, -0.2) is 4.98 Å². The lowest BCUT2D eigenvalue weighted by molar-refractivity contribution is -0.114. The van der Waals surface area contributed by atoms with Crippen molar-refractivity contribution >= 4 is 34.0 Å². The van der Waals surface area contributed by atoms with Crippen LogP contribution < -0.4 is 15.4 Å². The number of thiazole rings is 1. The zero-order valence-electron chi connectivity index (χ0n) is 18.3. The number of aryl methyl sites for hydroxylation is 2. The van der Waals surface area contributed by atoms with Crippen LogP contribution in [0.15, 0.2) is 58.4 Å². The Morgan fingerprint density at radius 3 is 2.52 bits per heavy atom. The molecule has 0 aliphatic heterocycles. The summed E-state index contributed by atoms with van der Waals surface area (Å²) in [6, 6.07) is 14.4. The Balaban J connectivity index is 1.45. The van der Waals surface area contributed by atoms with E-state index in [2.05, 4.69) is 20.8 Å². The van der Waals surface area contributed by atoms with Gasteiger partial charge in [-0.1, -0.05) is 29.4 Å². The van der Waals surface area contributed by atoms with Crippen molar-refractivity contribution in [2.75, 3.05) is 10.6 Å². The number of rotatable bonds is 7. The second kappa shape index (κ2) is 9.66. The van der Waals surface area contributed by atoms with Crippen LogP contribution in [0, 0.1) is 13.8 Å². The number of nitrogens with zero attached hydrogens (tertiary/aromatic N) is 2. The van der Waals surface area contributed by atoms with Gasteiger partial charge in [-0.2, -0.15) is 0 Å². The van der Waals surface area contributed by atoms with Crippen molar-refractivity contribution in [1.29, 1.82) is 0 Å². The fraction of sp³-hybridized carbons (Fsp3) is 0.167. The fourth-order valence-electron chi connectivity index (χ4n) is 3.19. The zero-order chi connectivity index (χ0) is 23.4. The van der Waals surface area contributed by atoms with E-state index in [1.54, 1.807) is 30.3 Å². The maximum absolute atomic E-state index is 12.9. The molecule has 0 saturated carbocycles. The first kappa shape index (κ1) is 22.2. The molecule has 33 heavy (non-hydrogen) atoms. The van der Waals surface area contributed by atoms with E-state index in [1.807, 2.05) is 37.4 Å². The Kier molecular flexibility index (Phi) is 6.50. The molecule has 4 aromatic rings. The fourth-order valence-corrected chi connectivity index (χ4v) is 3.91. The third kappa shape index (κ3) is 5.27. The molecule has 2 aromatic carbocycles. The van der Waals surface area contributed by atoms with Crippen LogP contribution in [0.4, 0.5) is 10.8 Å². The van der Waals surface area contributed by atoms with Gasteiger partial charge >= 0.3 is 0 Å². The van der Waals surface area contributed by atoms with Gasteiger partial charge in [0, 0.05) is 23.6 Å². The molecule has 9 heteroatoms. The highest BCUT2D eigenvalue weighted by atomic mass is 32.1. The minimum atomic E-state index is -0.314. The van der Waals surface area contributed by atoms with Gasteiger partial charge < -0.3 is 14.6 Å². The lowest BCUT2D eigenvalue weighted by Crippen LogP contribution is -2.13. The monoisotopic (exact) mass is 462 g/mol. The first-order valence-electron chi connectivity index (χ1n) is 10.2. The number of anilines is 2. The van der Waals surface area contributed by atoms with E-state index in [1.165, 1.54) is 18.3 Å². The molecule has 2 amide bonds. The topological polar surface area (TPSA) is 106 Å². The Morgan fingerprint density at radius 1 is 1.06 bits per heavy atom. The highest BCUT2D eigenvalue weighted by molar-refractivity contribution is 7.14. The van der Waals surface area contributed by atoms with E-state index in [9.17, 15) is 9.59 Å². The number of hydrogen-bond donors (Lipinski definition) is 2. The molecule has 0 aliphatic rings. The third-order valence-electron chi connectivity index (χ3n) is 4.91. The predicted octanol–water partition coefficient (Wildman–Crippen LogP) is 5.20. The van der Waals surface area contributed by atoms with E-state index >= 15 is 0 Å². The van der Waals surface area contributed by atoms with Crippen molar-refractivity contribution < 1.29 is 18.8 Å². The van der Waals surface area contributed by atoms with Gasteiger partial charge in [0.05, 0.1) is 22.5 Å². The number of para-hydroxylation sites is 1. The number of nitrogens with one attached hydrogen (secondary N) is 2. The molecule has 0 bridgehead atoms. The van der Waals surface area contributed by atoms with Gasteiger partial charge in [0.25, 0.3) is 5.91 Å². The van der Waals surface area contributed by atoms with Crippen LogP contribution in [0.2, 0.25) is 0 Å². The normalized spacial score (nSPS) is 10.6. The van der Waals surface area contributed by atoms with E-state index in [0.29, 0.717) is 27.9 Å². The smallest absolute Gasteiger partial charge is 0.261 e. The largest absolute Gasteiger partial charge is 0.488 e. The Morgan fingerprint density at radius 2 is 1.82 bits per heavy atom. The summed E-state index contributed by atoms with van der Waals surface area (Å²) in [4.78, 5) is 28.6. The SMILES string of the molecule is CC(=O)Nc1ccc(-c2csc(NC(=O)c3ccccc3OCc3c(C)noc3C)n2)cc1. The van der Waals surface area contributed by atoms with Crippen molar-refractivity contribution in [1.82, 2.24) is 10.1 Å². The Hall–Kier alpha value is -3.98. The van der Waals surface area contributed by atoms with Crippen LogP contribution in [0.1, 0.15) is 34.3 Å². The second-order valence-electron chi connectivity index (χ2n) is 7.34. The minimum absolute atomic E-state index is 0.127. The second-order valence-corrected chi connectivity index (χ2v) is 8.20. The van der Waals surface area contributed by atoms with Crippen molar-refractivity contribution in [2.24, 2.45) is 0 Å². The zero-order valence-corrected chi connectivity index (χ0v) is 19.2. The molecule has 2 N–H and O–H groups in total. The number of ether oxygens (including phenoxy) is 1. The third-order valence-corrected chi connectivity index (χ3v) is 5.67. The summed E-state index contributed by atoms with van der Waals surface area (Å²) >= 11 is 1.33.